The summed E-state index contributed by atoms with van der Waals surface area (Å²) >= 11 is 1.77. The molecule has 4 rings (SSSR count). The highest BCUT2D eigenvalue weighted by Gasteiger charge is 2.25. The summed E-state index contributed by atoms with van der Waals surface area (Å²) in [7, 11) is 0. The molecule has 1 aromatic carbocycles. The first-order chi connectivity index (χ1) is 14.9. The normalized spacial score (nSPS) is 16.1. The highest BCUT2D eigenvalue weighted by atomic mass is 32.2. The maximum atomic E-state index is 12.8. The number of para-hydroxylation sites is 1. The van der Waals surface area contributed by atoms with Gasteiger partial charge in [-0.2, -0.15) is 10.1 Å². The molecule has 162 valence electrons. The Balaban J connectivity index is 1.37. The third-order valence-corrected chi connectivity index (χ3v) is 6.71. The number of aryl methyl sites for hydroxylation is 2. The number of amides is 1. The fourth-order valence-corrected chi connectivity index (χ4v) is 4.90. The van der Waals surface area contributed by atoms with E-state index in [1.54, 1.807) is 21.2 Å². The number of fused-ring (bicyclic) bond motifs is 2. The zero-order chi connectivity index (χ0) is 22.0. The Labute approximate surface area is 185 Å². The Bertz CT molecular complexity index is 1130. The topological polar surface area (TPSA) is 89.7 Å². The van der Waals surface area contributed by atoms with Crippen LogP contribution in [0.25, 0.3) is 5.78 Å². The van der Waals surface area contributed by atoms with Crippen LogP contribution in [-0.4, -0.2) is 49.9 Å². The van der Waals surface area contributed by atoms with E-state index in [4.69, 9.17) is 4.74 Å². The molecule has 3 heterocycles. The molecule has 2 aromatic heterocycles. The summed E-state index contributed by atoms with van der Waals surface area (Å²) in [6.07, 6.45) is 2.97. The van der Waals surface area contributed by atoms with Gasteiger partial charge in [-0.3, -0.25) is 9.59 Å². The Morgan fingerprint density at radius 1 is 1.26 bits per heavy atom. The van der Waals surface area contributed by atoms with E-state index in [0.29, 0.717) is 24.0 Å². The van der Waals surface area contributed by atoms with Crippen LogP contribution in [0.1, 0.15) is 36.7 Å². The van der Waals surface area contributed by atoms with E-state index in [-0.39, 0.29) is 18.9 Å². The summed E-state index contributed by atoms with van der Waals surface area (Å²) in [4.78, 5) is 36.5. The first-order valence-corrected chi connectivity index (χ1v) is 11.2. The lowest BCUT2D eigenvalue weighted by Crippen LogP contribution is -2.35. The molecule has 8 nitrogen and oxygen atoms in total. The zero-order valence-corrected chi connectivity index (χ0v) is 18.7. The smallest absolute Gasteiger partial charge is 0.306 e. The van der Waals surface area contributed by atoms with E-state index >= 15 is 0 Å². The number of carbonyl (C=O) groups excluding carboxylic acids is 2. The van der Waals surface area contributed by atoms with Crippen molar-refractivity contribution >= 4 is 35.1 Å². The highest BCUT2D eigenvalue weighted by Crippen LogP contribution is 2.37. The SMILES string of the molecule is Cc1nc2ncnn2c(C)c1CCC(=O)OCC(=O)N1CCC(C)Sc2ccccc21. The van der Waals surface area contributed by atoms with Crippen LogP contribution in [-0.2, 0) is 20.7 Å². The van der Waals surface area contributed by atoms with Crippen LogP contribution in [0.15, 0.2) is 35.5 Å². The van der Waals surface area contributed by atoms with Gasteiger partial charge in [0.05, 0.1) is 5.69 Å². The number of hydrogen-bond donors (Lipinski definition) is 0. The van der Waals surface area contributed by atoms with Gasteiger partial charge in [-0.15, -0.1) is 11.8 Å². The maximum Gasteiger partial charge on any atom is 0.306 e. The summed E-state index contributed by atoms with van der Waals surface area (Å²) in [5, 5.41) is 4.59. The number of anilines is 1. The second kappa shape index (κ2) is 9.05. The molecule has 1 aliphatic rings. The number of aromatic nitrogens is 4. The zero-order valence-electron chi connectivity index (χ0n) is 17.9. The van der Waals surface area contributed by atoms with E-state index in [2.05, 4.69) is 22.0 Å². The second-order valence-corrected chi connectivity index (χ2v) is 9.10. The van der Waals surface area contributed by atoms with Gasteiger partial charge >= 0.3 is 5.97 Å². The molecular weight excluding hydrogens is 414 g/mol. The third kappa shape index (κ3) is 4.56. The van der Waals surface area contributed by atoms with Crippen molar-refractivity contribution in [3.05, 3.63) is 47.5 Å². The summed E-state index contributed by atoms with van der Waals surface area (Å²) in [5.74, 6) is -0.0672. The summed E-state index contributed by atoms with van der Waals surface area (Å²) in [6, 6.07) is 7.87. The summed E-state index contributed by atoms with van der Waals surface area (Å²) in [6.45, 7) is 6.33. The molecule has 0 N–H and O–H groups in total. The Morgan fingerprint density at radius 2 is 2.06 bits per heavy atom. The lowest BCUT2D eigenvalue weighted by molar-refractivity contribution is -0.147. The summed E-state index contributed by atoms with van der Waals surface area (Å²) in [5.41, 5.74) is 3.54. The molecular formula is C22H25N5O3S. The number of benzene rings is 1. The van der Waals surface area contributed by atoms with Crippen LogP contribution in [0.2, 0.25) is 0 Å². The van der Waals surface area contributed by atoms with Gasteiger partial charge in [0.1, 0.15) is 6.33 Å². The number of hydrogen-bond acceptors (Lipinski definition) is 7. The van der Waals surface area contributed by atoms with Crippen molar-refractivity contribution < 1.29 is 14.3 Å². The van der Waals surface area contributed by atoms with Crippen molar-refractivity contribution in [2.75, 3.05) is 18.1 Å². The van der Waals surface area contributed by atoms with Gasteiger partial charge in [0.2, 0.25) is 0 Å². The number of ether oxygens (including phenoxy) is 1. The molecule has 3 aromatic rings. The minimum atomic E-state index is -0.406. The summed E-state index contributed by atoms with van der Waals surface area (Å²) < 4.78 is 6.98. The minimum Gasteiger partial charge on any atom is -0.456 e. The Morgan fingerprint density at radius 3 is 2.90 bits per heavy atom. The fourth-order valence-electron chi connectivity index (χ4n) is 3.78. The largest absolute Gasteiger partial charge is 0.456 e. The van der Waals surface area contributed by atoms with E-state index in [1.165, 1.54) is 6.33 Å². The molecule has 1 amide bonds. The van der Waals surface area contributed by atoms with E-state index in [0.717, 1.165) is 34.0 Å². The Hall–Kier alpha value is -2.94. The van der Waals surface area contributed by atoms with E-state index < -0.39 is 5.97 Å². The van der Waals surface area contributed by atoms with E-state index in [9.17, 15) is 9.59 Å². The molecule has 0 spiro atoms. The molecule has 1 unspecified atom stereocenters. The quantitative estimate of drug-likeness (QED) is 0.564. The average Bonchev–Trinajstić information content (AvgIpc) is 3.14. The molecule has 0 fully saturated rings. The lowest BCUT2D eigenvalue weighted by Gasteiger charge is -2.22. The Kier molecular flexibility index (Phi) is 6.22. The van der Waals surface area contributed by atoms with Gasteiger partial charge in [0.15, 0.2) is 6.61 Å². The fraction of sp³-hybridized carbons (Fsp3) is 0.409. The maximum absolute atomic E-state index is 12.8. The molecule has 0 saturated heterocycles. The van der Waals surface area contributed by atoms with Crippen LogP contribution in [0, 0.1) is 13.8 Å². The minimum absolute atomic E-state index is 0.167. The van der Waals surface area contributed by atoms with Gasteiger partial charge in [-0.1, -0.05) is 19.1 Å². The van der Waals surface area contributed by atoms with Crippen LogP contribution in [0.4, 0.5) is 5.69 Å². The molecule has 0 aliphatic carbocycles. The van der Waals surface area contributed by atoms with Gasteiger partial charge in [0, 0.05) is 34.5 Å². The molecule has 0 saturated carbocycles. The van der Waals surface area contributed by atoms with E-state index in [1.807, 2.05) is 38.1 Å². The first-order valence-electron chi connectivity index (χ1n) is 10.3. The monoisotopic (exact) mass is 439 g/mol. The van der Waals surface area contributed by atoms with Crippen LogP contribution >= 0.6 is 11.8 Å². The second-order valence-electron chi connectivity index (χ2n) is 7.62. The standard InChI is InChI=1S/C22H25N5O3S/c1-14-10-11-26(18-6-4-5-7-19(18)31-14)20(28)12-30-21(29)9-8-17-15(2)25-22-23-13-24-27(22)16(17)3/h4-7,13-14H,8-12H2,1-3H3. The molecule has 1 atom stereocenters. The highest BCUT2D eigenvalue weighted by molar-refractivity contribution is 8.00. The van der Waals surface area contributed by atoms with Crippen molar-refractivity contribution in [1.82, 2.24) is 19.6 Å². The molecule has 0 radical (unpaired) electrons. The van der Waals surface area contributed by atoms with Gasteiger partial charge in [-0.25, -0.2) is 9.50 Å². The van der Waals surface area contributed by atoms with Crippen molar-refractivity contribution in [3.8, 4) is 0 Å². The predicted octanol–water partition coefficient (Wildman–Crippen LogP) is 3.13. The predicted molar refractivity (Wildman–Crippen MR) is 118 cm³/mol. The third-order valence-electron chi connectivity index (χ3n) is 5.47. The van der Waals surface area contributed by atoms with Gasteiger partial charge in [-0.05, 0) is 44.4 Å². The van der Waals surface area contributed by atoms with Crippen LogP contribution in [0.5, 0.6) is 0 Å². The number of nitrogens with zero attached hydrogens (tertiary/aromatic N) is 5. The number of rotatable bonds is 5. The molecule has 0 bridgehead atoms. The number of thioether (sulfide) groups is 1. The van der Waals surface area contributed by atoms with Crippen molar-refractivity contribution in [2.24, 2.45) is 0 Å². The molecule has 1 aliphatic heterocycles. The van der Waals surface area contributed by atoms with Crippen molar-refractivity contribution in [3.63, 3.8) is 0 Å². The molecule has 9 heteroatoms. The van der Waals surface area contributed by atoms with Gasteiger partial charge < -0.3 is 9.64 Å². The van der Waals surface area contributed by atoms with Crippen LogP contribution in [0.3, 0.4) is 0 Å². The average molecular weight is 440 g/mol. The van der Waals surface area contributed by atoms with Crippen molar-refractivity contribution in [2.45, 2.75) is 50.2 Å². The number of carbonyl (C=O) groups is 2. The van der Waals surface area contributed by atoms with Crippen molar-refractivity contribution in [1.29, 1.82) is 0 Å². The number of esters is 1. The van der Waals surface area contributed by atoms with Gasteiger partial charge in [0.25, 0.3) is 11.7 Å². The molecule has 31 heavy (non-hydrogen) atoms. The first kappa shape index (κ1) is 21.3. The lowest BCUT2D eigenvalue weighted by atomic mass is 10.1. The van der Waals surface area contributed by atoms with Crippen LogP contribution < -0.4 is 4.90 Å².